The molecule has 0 aliphatic rings. The van der Waals surface area contributed by atoms with Gasteiger partial charge in [0.05, 0.1) is 17.2 Å². The van der Waals surface area contributed by atoms with E-state index in [1.165, 1.54) is 11.3 Å². The van der Waals surface area contributed by atoms with E-state index in [4.69, 9.17) is 4.74 Å². The Labute approximate surface area is 127 Å². The quantitative estimate of drug-likeness (QED) is 0.825. The summed E-state index contributed by atoms with van der Waals surface area (Å²) in [4.78, 5) is 23.6. The van der Waals surface area contributed by atoms with Crippen LogP contribution in [0.2, 0.25) is 0 Å². The Bertz CT molecular complexity index is 620. The molecule has 1 amide bonds. The van der Waals surface area contributed by atoms with E-state index in [-0.39, 0.29) is 5.91 Å². The third kappa shape index (κ3) is 4.16. The van der Waals surface area contributed by atoms with Crippen LogP contribution in [0.4, 0.5) is 5.69 Å². The van der Waals surface area contributed by atoms with Gasteiger partial charge in [-0.1, -0.05) is 19.9 Å². The molecule has 1 heterocycles. The molecule has 110 valence electrons. The number of benzene rings is 1. The number of ether oxygens (including phenoxy) is 1. The zero-order chi connectivity index (χ0) is 15.2. The smallest absolute Gasteiger partial charge is 0.265 e. The second-order valence-electron chi connectivity index (χ2n) is 5.01. The molecule has 2 aromatic rings. The van der Waals surface area contributed by atoms with Crippen molar-refractivity contribution in [2.45, 2.75) is 13.8 Å². The molecule has 0 aliphatic carbocycles. The molecular formula is C16H17NO3S. The Morgan fingerprint density at radius 1 is 1.38 bits per heavy atom. The second kappa shape index (κ2) is 7.04. The summed E-state index contributed by atoms with van der Waals surface area (Å²) in [6.45, 7) is 4.63. The summed E-state index contributed by atoms with van der Waals surface area (Å²) in [5.74, 6) is 0.734. The standard InChI is InChI=1S/C16H17NO3S/c1-11(2)10-20-14-6-5-12(9-18)8-13(14)17-16(19)15-4-3-7-21-15/h3-9,11H,10H2,1-2H3,(H,17,19). The second-order valence-corrected chi connectivity index (χ2v) is 5.96. The fourth-order valence-electron chi connectivity index (χ4n) is 1.69. The third-order valence-electron chi connectivity index (χ3n) is 2.71. The molecule has 0 atom stereocenters. The zero-order valence-electron chi connectivity index (χ0n) is 12.0. The van der Waals surface area contributed by atoms with Crippen LogP contribution in [0, 0.1) is 5.92 Å². The monoisotopic (exact) mass is 303 g/mol. The van der Waals surface area contributed by atoms with E-state index in [0.29, 0.717) is 34.4 Å². The summed E-state index contributed by atoms with van der Waals surface area (Å²) in [5, 5.41) is 4.64. The van der Waals surface area contributed by atoms with Crippen molar-refractivity contribution in [3.63, 3.8) is 0 Å². The molecule has 1 aromatic heterocycles. The van der Waals surface area contributed by atoms with E-state index in [1.807, 2.05) is 25.3 Å². The van der Waals surface area contributed by atoms with Gasteiger partial charge in [0.1, 0.15) is 12.0 Å². The molecule has 2 rings (SSSR count). The Balaban J connectivity index is 2.22. The number of rotatable bonds is 6. The molecule has 5 heteroatoms. The highest BCUT2D eigenvalue weighted by Gasteiger charge is 2.12. The maximum absolute atomic E-state index is 12.1. The fourth-order valence-corrected chi connectivity index (χ4v) is 2.31. The topological polar surface area (TPSA) is 55.4 Å². The van der Waals surface area contributed by atoms with Crippen molar-refractivity contribution >= 4 is 29.2 Å². The summed E-state index contributed by atoms with van der Waals surface area (Å²) in [6.07, 6.45) is 0.743. The van der Waals surface area contributed by atoms with Gasteiger partial charge in [-0.2, -0.15) is 0 Å². The molecule has 0 spiro atoms. The summed E-state index contributed by atoms with van der Waals surface area (Å²) in [7, 11) is 0. The highest BCUT2D eigenvalue weighted by atomic mass is 32.1. The van der Waals surface area contributed by atoms with E-state index < -0.39 is 0 Å². The normalized spacial score (nSPS) is 10.4. The van der Waals surface area contributed by atoms with E-state index >= 15 is 0 Å². The average Bonchev–Trinajstić information content (AvgIpc) is 3.00. The fraction of sp³-hybridized carbons (Fsp3) is 0.250. The first-order valence-electron chi connectivity index (χ1n) is 6.67. The molecule has 4 nitrogen and oxygen atoms in total. The average molecular weight is 303 g/mol. The van der Waals surface area contributed by atoms with Gasteiger partial charge in [0, 0.05) is 5.56 Å². The Morgan fingerprint density at radius 2 is 2.19 bits per heavy atom. The molecule has 21 heavy (non-hydrogen) atoms. The lowest BCUT2D eigenvalue weighted by Gasteiger charge is -2.14. The maximum Gasteiger partial charge on any atom is 0.265 e. The predicted molar refractivity (Wildman–Crippen MR) is 84.4 cm³/mol. The van der Waals surface area contributed by atoms with Crippen molar-refractivity contribution in [3.05, 3.63) is 46.2 Å². The van der Waals surface area contributed by atoms with Gasteiger partial charge in [-0.25, -0.2) is 0 Å². The van der Waals surface area contributed by atoms with Crippen LogP contribution >= 0.6 is 11.3 Å². The van der Waals surface area contributed by atoms with Crippen LogP contribution < -0.4 is 10.1 Å². The van der Waals surface area contributed by atoms with E-state index in [2.05, 4.69) is 5.32 Å². The molecule has 0 saturated carbocycles. The number of hydrogen-bond donors (Lipinski definition) is 1. The highest BCUT2D eigenvalue weighted by molar-refractivity contribution is 7.12. The van der Waals surface area contributed by atoms with Gasteiger partial charge in [-0.05, 0) is 35.6 Å². The first-order valence-corrected chi connectivity index (χ1v) is 7.55. The van der Waals surface area contributed by atoms with Gasteiger partial charge in [-0.15, -0.1) is 11.3 Å². The van der Waals surface area contributed by atoms with Gasteiger partial charge in [0.15, 0.2) is 0 Å². The van der Waals surface area contributed by atoms with Crippen molar-refractivity contribution in [2.24, 2.45) is 5.92 Å². The maximum atomic E-state index is 12.1. The van der Waals surface area contributed by atoms with Gasteiger partial charge in [0.25, 0.3) is 5.91 Å². The highest BCUT2D eigenvalue weighted by Crippen LogP contribution is 2.27. The van der Waals surface area contributed by atoms with Crippen LogP contribution in [0.25, 0.3) is 0 Å². The van der Waals surface area contributed by atoms with Crippen LogP contribution in [-0.4, -0.2) is 18.8 Å². The van der Waals surface area contributed by atoms with Crippen molar-refractivity contribution in [1.82, 2.24) is 0 Å². The molecule has 0 radical (unpaired) electrons. The summed E-state index contributed by atoms with van der Waals surface area (Å²) < 4.78 is 5.69. The van der Waals surface area contributed by atoms with Gasteiger partial charge in [0.2, 0.25) is 0 Å². The lowest BCUT2D eigenvalue weighted by Crippen LogP contribution is -2.13. The van der Waals surface area contributed by atoms with Gasteiger partial charge < -0.3 is 10.1 Å². The number of amides is 1. The number of anilines is 1. The van der Waals surface area contributed by atoms with Gasteiger partial charge in [-0.3, -0.25) is 9.59 Å². The van der Waals surface area contributed by atoms with E-state index in [0.717, 1.165) is 6.29 Å². The summed E-state index contributed by atoms with van der Waals surface area (Å²) >= 11 is 1.36. The van der Waals surface area contributed by atoms with Crippen LogP contribution in [-0.2, 0) is 0 Å². The van der Waals surface area contributed by atoms with E-state index in [1.54, 1.807) is 24.3 Å². The van der Waals surface area contributed by atoms with Crippen LogP contribution in [0.1, 0.15) is 33.9 Å². The molecule has 0 bridgehead atoms. The van der Waals surface area contributed by atoms with Gasteiger partial charge >= 0.3 is 0 Å². The minimum Gasteiger partial charge on any atom is -0.491 e. The Morgan fingerprint density at radius 3 is 2.81 bits per heavy atom. The molecule has 0 aliphatic heterocycles. The molecule has 0 unspecified atom stereocenters. The molecule has 1 N–H and O–H groups in total. The number of thiophene rings is 1. The Hall–Kier alpha value is -2.14. The minimum atomic E-state index is -0.206. The molecular weight excluding hydrogens is 286 g/mol. The van der Waals surface area contributed by atoms with Crippen molar-refractivity contribution in [2.75, 3.05) is 11.9 Å². The summed E-state index contributed by atoms with van der Waals surface area (Å²) in [6, 6.07) is 8.56. The minimum absolute atomic E-state index is 0.206. The lowest BCUT2D eigenvalue weighted by atomic mass is 10.2. The Kier molecular flexibility index (Phi) is 5.11. The predicted octanol–water partition coefficient (Wildman–Crippen LogP) is 3.85. The lowest BCUT2D eigenvalue weighted by molar-refractivity contribution is 0.102. The number of carbonyl (C=O) groups is 2. The molecule has 0 fully saturated rings. The number of nitrogens with one attached hydrogen (secondary N) is 1. The van der Waals surface area contributed by atoms with Crippen LogP contribution in [0.15, 0.2) is 35.7 Å². The molecule has 1 aromatic carbocycles. The van der Waals surface area contributed by atoms with Crippen LogP contribution in [0.5, 0.6) is 5.75 Å². The van der Waals surface area contributed by atoms with Crippen LogP contribution in [0.3, 0.4) is 0 Å². The number of aldehydes is 1. The largest absolute Gasteiger partial charge is 0.491 e. The number of carbonyl (C=O) groups excluding carboxylic acids is 2. The first kappa shape index (κ1) is 15.3. The van der Waals surface area contributed by atoms with Crippen molar-refractivity contribution in [3.8, 4) is 5.75 Å². The third-order valence-corrected chi connectivity index (χ3v) is 3.57. The SMILES string of the molecule is CC(C)COc1ccc(C=O)cc1NC(=O)c1cccs1. The molecule has 0 saturated heterocycles. The van der Waals surface area contributed by atoms with Crippen molar-refractivity contribution < 1.29 is 14.3 Å². The zero-order valence-corrected chi connectivity index (χ0v) is 12.8. The number of hydrogen-bond acceptors (Lipinski definition) is 4. The first-order chi connectivity index (χ1) is 10.1. The van der Waals surface area contributed by atoms with Crippen molar-refractivity contribution in [1.29, 1.82) is 0 Å². The summed E-state index contributed by atoms with van der Waals surface area (Å²) in [5.41, 5.74) is 1.01. The van der Waals surface area contributed by atoms with E-state index in [9.17, 15) is 9.59 Å².